The number of hydrogen-bond donors (Lipinski definition) is 0. The highest BCUT2D eigenvalue weighted by Gasteiger charge is 1.99. The molecule has 0 aliphatic rings. The van der Waals surface area contributed by atoms with Gasteiger partial charge in [-0.2, -0.15) is 0 Å². The molecule has 2 heteroatoms. The van der Waals surface area contributed by atoms with Gasteiger partial charge in [0.05, 0.1) is 6.61 Å². The zero-order valence-electron chi connectivity index (χ0n) is 9.50. The number of ether oxygens (including phenoxy) is 1. The molecule has 1 aromatic rings. The van der Waals surface area contributed by atoms with E-state index in [-0.39, 0.29) is 5.82 Å². The summed E-state index contributed by atoms with van der Waals surface area (Å²) >= 11 is 0. The van der Waals surface area contributed by atoms with Crippen molar-refractivity contribution in [2.75, 3.05) is 13.2 Å². The minimum Gasteiger partial charge on any atom is -0.381 e. The summed E-state index contributed by atoms with van der Waals surface area (Å²) in [5, 5.41) is 0. The van der Waals surface area contributed by atoms with Gasteiger partial charge >= 0.3 is 0 Å². The maximum absolute atomic E-state index is 12.6. The molecule has 1 nitrogen and oxygen atoms in total. The first kappa shape index (κ1) is 12.2. The van der Waals surface area contributed by atoms with Crippen molar-refractivity contribution >= 4 is 0 Å². The summed E-state index contributed by atoms with van der Waals surface area (Å²) in [5.41, 5.74) is 1.13. The first-order chi connectivity index (χ1) is 7.22. The van der Waals surface area contributed by atoms with Gasteiger partial charge in [0.15, 0.2) is 0 Å². The Labute approximate surface area is 91.3 Å². The van der Waals surface area contributed by atoms with E-state index in [1.807, 2.05) is 12.1 Å². The number of rotatable bonds is 6. The van der Waals surface area contributed by atoms with Gasteiger partial charge in [0.1, 0.15) is 5.82 Å². The Hall–Kier alpha value is -0.890. The molecule has 1 aromatic carbocycles. The van der Waals surface area contributed by atoms with Gasteiger partial charge in [0, 0.05) is 6.61 Å². The van der Waals surface area contributed by atoms with E-state index in [4.69, 9.17) is 4.74 Å². The molecule has 0 heterocycles. The highest BCUT2D eigenvalue weighted by atomic mass is 19.1. The first-order valence-electron chi connectivity index (χ1n) is 5.54. The van der Waals surface area contributed by atoms with Crippen LogP contribution in [0.3, 0.4) is 0 Å². The second-order valence-electron chi connectivity index (χ2n) is 3.96. The van der Waals surface area contributed by atoms with Crippen molar-refractivity contribution in [3.63, 3.8) is 0 Å². The van der Waals surface area contributed by atoms with E-state index in [2.05, 4.69) is 13.8 Å². The molecular formula is C13H19FO. The fourth-order valence-corrected chi connectivity index (χ4v) is 1.24. The van der Waals surface area contributed by atoms with Crippen molar-refractivity contribution < 1.29 is 9.13 Å². The molecule has 15 heavy (non-hydrogen) atoms. The van der Waals surface area contributed by atoms with Crippen molar-refractivity contribution in [3.05, 3.63) is 35.6 Å². The molecule has 0 fully saturated rings. The van der Waals surface area contributed by atoms with Crippen LogP contribution in [0, 0.1) is 11.7 Å². The number of halogens is 1. The highest BCUT2D eigenvalue weighted by molar-refractivity contribution is 5.15. The quantitative estimate of drug-likeness (QED) is 0.654. The summed E-state index contributed by atoms with van der Waals surface area (Å²) in [6, 6.07) is 6.60. The van der Waals surface area contributed by atoms with E-state index in [0.717, 1.165) is 31.6 Å². The molecule has 1 rings (SSSR count). The average Bonchev–Trinajstić information content (AvgIpc) is 2.26. The Morgan fingerprint density at radius 1 is 1.27 bits per heavy atom. The molecule has 0 N–H and O–H groups in total. The van der Waals surface area contributed by atoms with Crippen molar-refractivity contribution in [2.45, 2.75) is 26.7 Å². The molecule has 0 saturated heterocycles. The van der Waals surface area contributed by atoms with Gasteiger partial charge in [-0.1, -0.05) is 32.4 Å². The zero-order valence-corrected chi connectivity index (χ0v) is 9.50. The molecule has 84 valence electrons. The maximum atomic E-state index is 12.6. The summed E-state index contributed by atoms with van der Waals surface area (Å²) < 4.78 is 18.1. The lowest BCUT2D eigenvalue weighted by atomic mass is 10.1. The fourth-order valence-electron chi connectivity index (χ4n) is 1.24. The van der Waals surface area contributed by atoms with Gasteiger partial charge < -0.3 is 4.74 Å². The largest absolute Gasteiger partial charge is 0.381 e. The minimum atomic E-state index is -0.181. The summed E-state index contributed by atoms with van der Waals surface area (Å²) in [6.07, 6.45) is 2.01. The van der Waals surface area contributed by atoms with E-state index in [0.29, 0.717) is 5.92 Å². The van der Waals surface area contributed by atoms with Crippen LogP contribution in [0.5, 0.6) is 0 Å². The Morgan fingerprint density at radius 2 is 1.93 bits per heavy atom. The van der Waals surface area contributed by atoms with Gasteiger partial charge in [-0.3, -0.25) is 0 Å². The molecule has 0 spiro atoms. The molecule has 0 aliphatic heterocycles. The van der Waals surface area contributed by atoms with Crippen LogP contribution in [0.15, 0.2) is 24.3 Å². The van der Waals surface area contributed by atoms with Crippen molar-refractivity contribution in [1.29, 1.82) is 0 Å². The summed E-state index contributed by atoms with van der Waals surface area (Å²) in [7, 11) is 0. The van der Waals surface area contributed by atoms with Crippen molar-refractivity contribution in [2.24, 2.45) is 5.92 Å². The Morgan fingerprint density at radius 3 is 2.53 bits per heavy atom. The molecule has 0 saturated carbocycles. The Kier molecular flexibility index (Phi) is 5.33. The normalized spacial score (nSPS) is 12.7. The third kappa shape index (κ3) is 4.93. The van der Waals surface area contributed by atoms with Gasteiger partial charge in [0.2, 0.25) is 0 Å². The second kappa shape index (κ2) is 6.57. The van der Waals surface area contributed by atoms with Crippen LogP contribution < -0.4 is 0 Å². The van der Waals surface area contributed by atoms with E-state index >= 15 is 0 Å². The SMILES string of the molecule is CCC(C)COCCc1ccc(F)cc1. The lowest BCUT2D eigenvalue weighted by molar-refractivity contribution is 0.106. The van der Waals surface area contributed by atoms with Crippen molar-refractivity contribution in [1.82, 2.24) is 0 Å². The van der Waals surface area contributed by atoms with Gasteiger partial charge in [-0.05, 0) is 30.0 Å². The van der Waals surface area contributed by atoms with Crippen LogP contribution in [0.2, 0.25) is 0 Å². The van der Waals surface area contributed by atoms with Crippen LogP contribution in [-0.4, -0.2) is 13.2 Å². The van der Waals surface area contributed by atoms with E-state index in [1.54, 1.807) is 0 Å². The monoisotopic (exact) mass is 210 g/mol. The number of benzene rings is 1. The number of hydrogen-bond acceptors (Lipinski definition) is 1. The van der Waals surface area contributed by atoms with E-state index in [1.165, 1.54) is 12.1 Å². The maximum Gasteiger partial charge on any atom is 0.123 e. The topological polar surface area (TPSA) is 9.23 Å². The smallest absolute Gasteiger partial charge is 0.123 e. The molecule has 0 radical (unpaired) electrons. The molecule has 1 atom stereocenters. The van der Waals surface area contributed by atoms with Gasteiger partial charge in [-0.25, -0.2) is 4.39 Å². The van der Waals surface area contributed by atoms with E-state index in [9.17, 15) is 4.39 Å². The molecule has 0 aromatic heterocycles. The standard InChI is InChI=1S/C13H19FO/c1-3-11(2)10-15-9-8-12-4-6-13(14)7-5-12/h4-7,11H,3,8-10H2,1-2H3. The van der Waals surface area contributed by atoms with Crippen LogP contribution in [-0.2, 0) is 11.2 Å². The molecular weight excluding hydrogens is 191 g/mol. The minimum absolute atomic E-state index is 0.181. The van der Waals surface area contributed by atoms with Crippen LogP contribution >= 0.6 is 0 Å². The second-order valence-corrected chi connectivity index (χ2v) is 3.96. The Balaban J connectivity index is 2.17. The van der Waals surface area contributed by atoms with E-state index < -0.39 is 0 Å². The Bertz CT molecular complexity index is 268. The average molecular weight is 210 g/mol. The van der Waals surface area contributed by atoms with Crippen LogP contribution in [0.4, 0.5) is 4.39 Å². The lowest BCUT2D eigenvalue weighted by Crippen LogP contribution is -2.07. The zero-order chi connectivity index (χ0) is 11.1. The van der Waals surface area contributed by atoms with Crippen LogP contribution in [0.1, 0.15) is 25.8 Å². The molecule has 0 bridgehead atoms. The highest BCUT2D eigenvalue weighted by Crippen LogP contribution is 2.05. The molecule has 1 unspecified atom stereocenters. The summed E-state index contributed by atoms with van der Waals surface area (Å²) in [6.45, 7) is 5.87. The molecule has 0 aliphatic carbocycles. The summed E-state index contributed by atoms with van der Waals surface area (Å²) in [5.74, 6) is 0.442. The third-order valence-electron chi connectivity index (χ3n) is 2.55. The van der Waals surface area contributed by atoms with Gasteiger partial charge in [-0.15, -0.1) is 0 Å². The van der Waals surface area contributed by atoms with Crippen molar-refractivity contribution in [3.8, 4) is 0 Å². The van der Waals surface area contributed by atoms with Crippen LogP contribution in [0.25, 0.3) is 0 Å². The first-order valence-corrected chi connectivity index (χ1v) is 5.54. The third-order valence-corrected chi connectivity index (χ3v) is 2.55. The fraction of sp³-hybridized carbons (Fsp3) is 0.538. The molecule has 0 amide bonds. The lowest BCUT2D eigenvalue weighted by Gasteiger charge is -2.09. The summed E-state index contributed by atoms with van der Waals surface area (Å²) in [4.78, 5) is 0. The predicted molar refractivity (Wildman–Crippen MR) is 60.4 cm³/mol. The van der Waals surface area contributed by atoms with Gasteiger partial charge in [0.25, 0.3) is 0 Å². The predicted octanol–water partition coefficient (Wildman–Crippen LogP) is 3.43.